The van der Waals surface area contributed by atoms with Gasteiger partial charge in [-0.25, -0.2) is 4.39 Å². The lowest BCUT2D eigenvalue weighted by atomic mass is 9.88. The zero-order valence-electron chi connectivity index (χ0n) is 22.2. The van der Waals surface area contributed by atoms with E-state index < -0.39 is 5.60 Å². The monoisotopic (exact) mass is 518 g/mol. The van der Waals surface area contributed by atoms with Gasteiger partial charge in [-0.1, -0.05) is 5.16 Å². The molecule has 1 saturated heterocycles. The third-order valence-electron chi connectivity index (χ3n) is 7.55. The Bertz CT molecular complexity index is 1640. The van der Waals surface area contributed by atoms with Crippen LogP contribution in [0.3, 0.4) is 0 Å². The Kier molecular flexibility index (Phi) is 5.84. The molecule has 5 aromatic rings. The molecule has 1 fully saturated rings. The molecule has 1 N–H and O–H groups in total. The van der Waals surface area contributed by atoms with Crippen LogP contribution in [0, 0.1) is 25.6 Å². The summed E-state index contributed by atoms with van der Waals surface area (Å²) in [4.78, 5) is 9.56. The predicted molar refractivity (Wildman–Crippen MR) is 140 cm³/mol. The van der Waals surface area contributed by atoms with Gasteiger partial charge in [0.2, 0.25) is 0 Å². The lowest BCUT2D eigenvalue weighted by Crippen LogP contribution is -2.28. The van der Waals surface area contributed by atoms with Gasteiger partial charge in [0.1, 0.15) is 33.9 Å². The summed E-state index contributed by atoms with van der Waals surface area (Å²) in [5, 5.41) is 20.1. The summed E-state index contributed by atoms with van der Waals surface area (Å²) in [7, 11) is 1.86. The maximum absolute atomic E-state index is 14.6. The van der Waals surface area contributed by atoms with Crippen molar-refractivity contribution in [2.24, 2.45) is 13.0 Å². The molecule has 9 nitrogen and oxygen atoms in total. The van der Waals surface area contributed by atoms with Gasteiger partial charge in [0.25, 0.3) is 0 Å². The van der Waals surface area contributed by atoms with Crippen LogP contribution in [0.2, 0.25) is 0 Å². The molecule has 38 heavy (non-hydrogen) atoms. The molecule has 1 aliphatic rings. The summed E-state index contributed by atoms with van der Waals surface area (Å²) >= 11 is 0. The first-order valence-electron chi connectivity index (χ1n) is 12.9. The van der Waals surface area contributed by atoms with Gasteiger partial charge in [0.15, 0.2) is 0 Å². The number of pyridine rings is 2. The second kappa shape index (κ2) is 8.99. The maximum Gasteiger partial charge on any atom is 0.141 e. The Hall–Kier alpha value is -3.63. The van der Waals surface area contributed by atoms with Crippen molar-refractivity contribution in [3.8, 4) is 11.1 Å². The molecule has 6 heterocycles. The molecular formula is C28H31FN6O3. The van der Waals surface area contributed by atoms with Crippen LogP contribution >= 0.6 is 0 Å². The number of nitrogens with zero attached hydrogens (tertiary/aromatic N) is 6. The lowest BCUT2D eigenvalue weighted by Gasteiger charge is -2.32. The zero-order valence-corrected chi connectivity index (χ0v) is 22.2. The second-order valence-electron chi connectivity index (χ2n) is 10.7. The lowest BCUT2D eigenvalue weighted by molar-refractivity contribution is 0.0542. The summed E-state index contributed by atoms with van der Waals surface area (Å²) in [5.41, 5.74) is 5.61. The number of hydrogen-bond acceptors (Lipinski definition) is 7. The van der Waals surface area contributed by atoms with E-state index in [0.29, 0.717) is 30.4 Å². The average molecular weight is 519 g/mol. The Balaban J connectivity index is 1.74. The van der Waals surface area contributed by atoms with Gasteiger partial charge >= 0.3 is 0 Å². The molecular weight excluding hydrogens is 487 g/mol. The number of rotatable bonds is 5. The van der Waals surface area contributed by atoms with Gasteiger partial charge in [0.05, 0.1) is 28.5 Å². The minimum atomic E-state index is -1.23. The van der Waals surface area contributed by atoms with Crippen molar-refractivity contribution >= 4 is 22.1 Å². The normalized spacial score (nSPS) is 16.1. The van der Waals surface area contributed by atoms with Crippen molar-refractivity contribution in [3.05, 3.63) is 59.3 Å². The van der Waals surface area contributed by atoms with E-state index >= 15 is 0 Å². The smallest absolute Gasteiger partial charge is 0.141 e. The van der Waals surface area contributed by atoms with Crippen molar-refractivity contribution in [2.45, 2.75) is 52.2 Å². The Morgan fingerprint density at radius 2 is 1.89 bits per heavy atom. The fourth-order valence-electron chi connectivity index (χ4n) is 5.88. The van der Waals surface area contributed by atoms with E-state index in [0.717, 1.165) is 51.7 Å². The SMILES string of the molecule is Cc1noc(C)c1-c1cnc2c3c(c(C(C)(C)O)nn3C)n(C(c3cc(F)ccn3)C3CCOCC3)c2c1. The first-order chi connectivity index (χ1) is 18.1. The van der Waals surface area contributed by atoms with Crippen molar-refractivity contribution in [1.82, 2.24) is 29.5 Å². The second-order valence-corrected chi connectivity index (χ2v) is 10.7. The van der Waals surface area contributed by atoms with E-state index in [1.165, 1.54) is 18.3 Å². The standard InChI is InChI=1S/C28H31FN6O3/c1-15-22(16(2)38-33-15)18-12-21-23(31-14-18)25-26(27(28(3,4)36)32-34(25)5)35(21)24(17-7-10-37-11-8-17)20-13-19(29)6-9-30-20/h6,9,12-14,17,24,36H,7-8,10-11H2,1-5H3. The topological polar surface area (TPSA) is 104 Å². The fraction of sp³-hybridized carbons (Fsp3) is 0.429. The predicted octanol–water partition coefficient (Wildman–Crippen LogP) is 4.97. The van der Waals surface area contributed by atoms with Gasteiger partial charge in [-0.15, -0.1) is 0 Å². The molecule has 0 aromatic carbocycles. The summed E-state index contributed by atoms with van der Waals surface area (Å²) < 4.78 is 29.7. The summed E-state index contributed by atoms with van der Waals surface area (Å²) in [6.07, 6.45) is 4.91. The molecule has 198 valence electrons. The molecule has 0 amide bonds. The van der Waals surface area contributed by atoms with Crippen LogP contribution in [0.15, 0.2) is 35.1 Å². The quantitative estimate of drug-likeness (QED) is 0.350. The van der Waals surface area contributed by atoms with E-state index in [4.69, 9.17) is 19.3 Å². The van der Waals surface area contributed by atoms with Crippen LogP contribution < -0.4 is 0 Å². The number of aromatic nitrogens is 6. The minimum Gasteiger partial charge on any atom is -0.384 e. The molecule has 0 bridgehead atoms. The highest BCUT2D eigenvalue weighted by atomic mass is 19.1. The van der Waals surface area contributed by atoms with Crippen LogP contribution in [0.1, 0.15) is 55.6 Å². The molecule has 10 heteroatoms. The van der Waals surface area contributed by atoms with Gasteiger partial charge in [-0.05, 0) is 64.7 Å². The van der Waals surface area contributed by atoms with Crippen molar-refractivity contribution < 1.29 is 18.8 Å². The molecule has 0 radical (unpaired) electrons. The minimum absolute atomic E-state index is 0.120. The van der Waals surface area contributed by atoms with Gasteiger partial charge in [-0.2, -0.15) is 5.10 Å². The van der Waals surface area contributed by atoms with Gasteiger partial charge in [0, 0.05) is 43.8 Å². The molecule has 0 aliphatic carbocycles. The van der Waals surface area contributed by atoms with Gasteiger partial charge < -0.3 is 18.9 Å². The van der Waals surface area contributed by atoms with E-state index in [2.05, 4.69) is 20.8 Å². The molecule has 0 saturated carbocycles. The van der Waals surface area contributed by atoms with E-state index in [1.807, 2.05) is 27.1 Å². The highest BCUT2D eigenvalue weighted by Crippen LogP contribution is 2.43. The highest BCUT2D eigenvalue weighted by molar-refractivity contribution is 6.06. The summed E-state index contributed by atoms with van der Waals surface area (Å²) in [6, 6.07) is 4.61. The van der Waals surface area contributed by atoms with Gasteiger partial charge in [-0.3, -0.25) is 14.6 Å². The van der Waals surface area contributed by atoms with Crippen LogP contribution in [0.25, 0.3) is 33.2 Å². The van der Waals surface area contributed by atoms with E-state index in [1.54, 1.807) is 18.5 Å². The average Bonchev–Trinajstić information content (AvgIpc) is 3.51. The molecule has 6 rings (SSSR count). The maximum atomic E-state index is 14.6. The van der Waals surface area contributed by atoms with E-state index in [9.17, 15) is 9.50 Å². The van der Waals surface area contributed by atoms with E-state index in [-0.39, 0.29) is 17.8 Å². The number of halogens is 1. The number of fused-ring (bicyclic) bond motifs is 3. The first kappa shape index (κ1) is 24.7. The molecule has 5 aromatic heterocycles. The number of hydrogen-bond donors (Lipinski definition) is 1. The Labute approximate surface area is 219 Å². The summed E-state index contributed by atoms with van der Waals surface area (Å²) in [6.45, 7) is 8.47. The highest BCUT2D eigenvalue weighted by Gasteiger charge is 2.36. The third-order valence-corrected chi connectivity index (χ3v) is 7.55. The summed E-state index contributed by atoms with van der Waals surface area (Å²) in [5.74, 6) is 0.482. The number of aliphatic hydroxyl groups is 1. The molecule has 0 spiro atoms. The first-order valence-corrected chi connectivity index (χ1v) is 12.9. The third kappa shape index (κ3) is 3.90. The van der Waals surface area contributed by atoms with Crippen LogP contribution in [-0.4, -0.2) is 47.8 Å². The fourth-order valence-corrected chi connectivity index (χ4v) is 5.88. The van der Waals surface area contributed by atoms with Crippen molar-refractivity contribution in [3.63, 3.8) is 0 Å². The van der Waals surface area contributed by atoms with Crippen LogP contribution in [0.5, 0.6) is 0 Å². The molecule has 1 unspecified atom stereocenters. The molecule has 1 aliphatic heterocycles. The molecule has 1 atom stereocenters. The van der Waals surface area contributed by atoms with Crippen molar-refractivity contribution in [2.75, 3.05) is 13.2 Å². The number of ether oxygens (including phenoxy) is 1. The van der Waals surface area contributed by atoms with Crippen molar-refractivity contribution in [1.29, 1.82) is 0 Å². The van der Waals surface area contributed by atoms with Crippen LogP contribution in [-0.2, 0) is 17.4 Å². The largest absolute Gasteiger partial charge is 0.384 e. The van der Waals surface area contributed by atoms with Crippen LogP contribution in [0.4, 0.5) is 4.39 Å². The zero-order chi connectivity index (χ0) is 26.8. The Morgan fingerprint density at radius 3 is 2.55 bits per heavy atom. The number of aryl methyl sites for hydroxylation is 3. The Morgan fingerprint density at radius 1 is 1.13 bits per heavy atom.